The smallest absolute Gasteiger partial charge is 0.351 e. The minimum atomic E-state index is -4.78. The van der Waals surface area contributed by atoms with E-state index in [1.54, 1.807) is 0 Å². The summed E-state index contributed by atoms with van der Waals surface area (Å²) >= 11 is 0. The second-order valence-corrected chi connectivity index (χ2v) is 4.80. The summed E-state index contributed by atoms with van der Waals surface area (Å²) in [5, 5.41) is 2.19. The number of pyridine rings is 1. The lowest BCUT2D eigenvalue weighted by Gasteiger charge is -2.15. The van der Waals surface area contributed by atoms with Crippen LogP contribution in [0.4, 0.5) is 33.3 Å². The molecule has 0 radical (unpaired) electrons. The Morgan fingerprint density at radius 2 is 1.91 bits per heavy atom. The topological polar surface area (TPSA) is 42.0 Å². The van der Waals surface area contributed by atoms with Crippen LogP contribution in [-0.2, 0) is 11.0 Å². The Hall–Kier alpha value is -2.51. The molecule has 1 heterocycles. The van der Waals surface area contributed by atoms with Crippen molar-refractivity contribution in [3.8, 4) is 0 Å². The van der Waals surface area contributed by atoms with Gasteiger partial charge >= 0.3 is 6.18 Å². The SMILES string of the molecule is CC(C=O)c1ncc(Nc2c(F)cccc2C(F)(F)F)cc1F. The summed E-state index contributed by atoms with van der Waals surface area (Å²) < 4.78 is 66.2. The van der Waals surface area contributed by atoms with Crippen molar-refractivity contribution in [2.75, 3.05) is 5.32 Å². The van der Waals surface area contributed by atoms with Crippen molar-refractivity contribution in [1.29, 1.82) is 0 Å². The quantitative estimate of drug-likeness (QED) is 0.666. The van der Waals surface area contributed by atoms with Gasteiger partial charge in [0.05, 0.1) is 34.7 Å². The van der Waals surface area contributed by atoms with E-state index in [9.17, 15) is 26.7 Å². The predicted octanol–water partition coefficient (Wildman–Crippen LogP) is 4.42. The van der Waals surface area contributed by atoms with Gasteiger partial charge in [0, 0.05) is 6.07 Å². The van der Waals surface area contributed by atoms with Crippen LogP contribution in [0.5, 0.6) is 0 Å². The largest absolute Gasteiger partial charge is 0.418 e. The Bertz CT molecular complexity index is 730. The van der Waals surface area contributed by atoms with Gasteiger partial charge in [-0.05, 0) is 12.1 Å². The van der Waals surface area contributed by atoms with Gasteiger partial charge in [0.2, 0.25) is 0 Å². The number of nitrogens with zero attached hydrogens (tertiary/aromatic N) is 1. The van der Waals surface area contributed by atoms with Crippen molar-refractivity contribution in [2.24, 2.45) is 0 Å². The first-order valence-corrected chi connectivity index (χ1v) is 6.47. The van der Waals surface area contributed by atoms with Gasteiger partial charge in [0.1, 0.15) is 17.9 Å². The van der Waals surface area contributed by atoms with E-state index in [-0.39, 0.29) is 11.4 Å². The first kappa shape index (κ1) is 16.9. The number of nitrogens with one attached hydrogen (secondary N) is 1. The molecule has 0 saturated carbocycles. The Balaban J connectivity index is 2.41. The number of alkyl halides is 3. The van der Waals surface area contributed by atoms with Gasteiger partial charge in [0.25, 0.3) is 0 Å². The minimum Gasteiger partial charge on any atom is -0.351 e. The molecule has 0 spiro atoms. The van der Waals surface area contributed by atoms with E-state index < -0.39 is 35.0 Å². The fourth-order valence-electron chi connectivity index (χ4n) is 1.95. The van der Waals surface area contributed by atoms with Crippen LogP contribution in [0, 0.1) is 11.6 Å². The van der Waals surface area contributed by atoms with Crippen molar-refractivity contribution < 1.29 is 26.7 Å². The zero-order valence-corrected chi connectivity index (χ0v) is 11.8. The van der Waals surface area contributed by atoms with E-state index in [0.29, 0.717) is 12.4 Å². The highest BCUT2D eigenvalue weighted by Gasteiger charge is 2.34. The lowest BCUT2D eigenvalue weighted by Crippen LogP contribution is -2.11. The molecule has 0 aliphatic heterocycles. The average Bonchev–Trinajstić information content (AvgIpc) is 2.47. The van der Waals surface area contributed by atoms with Gasteiger partial charge < -0.3 is 10.1 Å². The third-order valence-electron chi connectivity index (χ3n) is 3.09. The number of aromatic nitrogens is 1. The van der Waals surface area contributed by atoms with Crippen molar-refractivity contribution >= 4 is 17.7 Å². The molecule has 1 aromatic heterocycles. The van der Waals surface area contributed by atoms with Crippen LogP contribution < -0.4 is 5.32 Å². The van der Waals surface area contributed by atoms with Gasteiger partial charge in [-0.15, -0.1) is 0 Å². The van der Waals surface area contributed by atoms with E-state index in [2.05, 4.69) is 10.3 Å². The van der Waals surface area contributed by atoms with Crippen molar-refractivity contribution in [1.82, 2.24) is 4.98 Å². The molecule has 2 aromatic rings. The molecule has 3 nitrogen and oxygen atoms in total. The minimum absolute atomic E-state index is 0.143. The molecule has 8 heteroatoms. The lowest BCUT2D eigenvalue weighted by molar-refractivity contribution is -0.137. The summed E-state index contributed by atoms with van der Waals surface area (Å²) in [7, 11) is 0. The molecule has 1 N–H and O–H groups in total. The molecular weight excluding hydrogens is 319 g/mol. The van der Waals surface area contributed by atoms with Crippen LogP contribution >= 0.6 is 0 Å². The molecule has 0 aliphatic rings. The number of carbonyl (C=O) groups is 1. The molecule has 0 saturated heterocycles. The Morgan fingerprint density at radius 1 is 1.22 bits per heavy atom. The Morgan fingerprint density at radius 3 is 2.48 bits per heavy atom. The maximum Gasteiger partial charge on any atom is 0.418 e. The number of hydrogen-bond acceptors (Lipinski definition) is 3. The molecule has 2 rings (SSSR count). The van der Waals surface area contributed by atoms with E-state index >= 15 is 0 Å². The molecule has 0 bridgehead atoms. The summed E-state index contributed by atoms with van der Waals surface area (Å²) in [5.41, 5.74) is -2.35. The van der Waals surface area contributed by atoms with E-state index in [1.807, 2.05) is 0 Å². The Labute approximate surface area is 128 Å². The normalized spacial score (nSPS) is 12.8. The molecule has 0 amide bonds. The Kier molecular flexibility index (Phi) is 4.63. The van der Waals surface area contributed by atoms with Crippen LogP contribution in [0.25, 0.3) is 0 Å². The number of benzene rings is 1. The molecule has 1 aromatic carbocycles. The predicted molar refractivity (Wildman–Crippen MR) is 73.4 cm³/mol. The highest BCUT2D eigenvalue weighted by Crippen LogP contribution is 2.37. The number of rotatable bonds is 4. The number of para-hydroxylation sites is 1. The summed E-state index contributed by atoms with van der Waals surface area (Å²) in [6, 6.07) is 3.34. The highest BCUT2D eigenvalue weighted by atomic mass is 19.4. The van der Waals surface area contributed by atoms with Gasteiger partial charge in [-0.25, -0.2) is 8.78 Å². The first-order valence-electron chi connectivity index (χ1n) is 6.47. The van der Waals surface area contributed by atoms with Crippen LogP contribution in [-0.4, -0.2) is 11.3 Å². The number of anilines is 2. The zero-order chi connectivity index (χ0) is 17.2. The molecule has 0 aliphatic carbocycles. The number of aldehydes is 1. The molecular formula is C15H11F5N2O. The standard InChI is InChI=1S/C15H11F5N2O/c1-8(7-23)13-12(17)5-9(6-21-13)22-14-10(15(18,19)20)3-2-4-11(14)16/h2-8,22H,1H3. The molecule has 23 heavy (non-hydrogen) atoms. The summed E-state index contributed by atoms with van der Waals surface area (Å²) in [6.45, 7) is 1.42. The molecule has 1 unspecified atom stereocenters. The van der Waals surface area contributed by atoms with Crippen LogP contribution in [0.1, 0.15) is 24.1 Å². The van der Waals surface area contributed by atoms with E-state index in [4.69, 9.17) is 0 Å². The van der Waals surface area contributed by atoms with Crippen LogP contribution in [0.15, 0.2) is 30.5 Å². The fourth-order valence-corrected chi connectivity index (χ4v) is 1.95. The number of carbonyl (C=O) groups excluding carboxylic acids is 1. The number of halogens is 5. The highest BCUT2D eigenvalue weighted by molar-refractivity contribution is 5.65. The first-order chi connectivity index (χ1) is 10.7. The lowest BCUT2D eigenvalue weighted by atomic mass is 10.1. The molecule has 122 valence electrons. The van der Waals surface area contributed by atoms with Gasteiger partial charge in [-0.1, -0.05) is 13.0 Å². The van der Waals surface area contributed by atoms with E-state index in [1.165, 1.54) is 6.92 Å². The second-order valence-electron chi connectivity index (χ2n) is 4.80. The summed E-state index contributed by atoms with van der Waals surface area (Å²) in [5.74, 6) is -2.81. The van der Waals surface area contributed by atoms with Gasteiger partial charge in [-0.3, -0.25) is 4.98 Å². The van der Waals surface area contributed by atoms with Gasteiger partial charge in [-0.2, -0.15) is 13.2 Å². The maximum absolute atomic E-state index is 13.8. The third-order valence-corrected chi connectivity index (χ3v) is 3.09. The summed E-state index contributed by atoms with van der Waals surface area (Å²) in [4.78, 5) is 14.3. The van der Waals surface area contributed by atoms with Gasteiger partial charge in [0.15, 0.2) is 0 Å². The van der Waals surface area contributed by atoms with Crippen molar-refractivity contribution in [3.05, 3.63) is 53.4 Å². The van der Waals surface area contributed by atoms with E-state index in [0.717, 1.165) is 24.4 Å². The van der Waals surface area contributed by atoms with Crippen LogP contribution in [0.2, 0.25) is 0 Å². The zero-order valence-electron chi connectivity index (χ0n) is 11.8. The fraction of sp³-hybridized carbons (Fsp3) is 0.200. The van der Waals surface area contributed by atoms with Crippen molar-refractivity contribution in [2.45, 2.75) is 19.0 Å². The third kappa shape index (κ3) is 3.64. The van der Waals surface area contributed by atoms with Crippen molar-refractivity contribution in [3.63, 3.8) is 0 Å². The number of hydrogen-bond donors (Lipinski definition) is 1. The maximum atomic E-state index is 13.8. The van der Waals surface area contributed by atoms with Crippen LogP contribution in [0.3, 0.4) is 0 Å². The molecule has 0 fully saturated rings. The monoisotopic (exact) mass is 330 g/mol. The molecule has 1 atom stereocenters. The summed E-state index contributed by atoms with van der Waals surface area (Å²) in [6.07, 6.45) is -3.26. The second kappa shape index (κ2) is 6.31. The average molecular weight is 330 g/mol.